The Bertz CT molecular complexity index is 523. The van der Waals surface area contributed by atoms with Gasteiger partial charge in [0.15, 0.2) is 12.4 Å². The van der Waals surface area contributed by atoms with Crippen LogP contribution in [0.3, 0.4) is 0 Å². The molecule has 0 unspecified atom stereocenters. The van der Waals surface area contributed by atoms with Gasteiger partial charge in [0.25, 0.3) is 20.2 Å². The summed E-state index contributed by atoms with van der Waals surface area (Å²) < 4.78 is 57.1. The van der Waals surface area contributed by atoms with Gasteiger partial charge in [0, 0.05) is 0 Å². The minimum atomic E-state index is -4.00. The maximum atomic E-state index is 11.0. The quantitative estimate of drug-likeness (QED) is 0.435. The largest absolute Gasteiger partial charge is 0.387 e. The second-order valence-corrected chi connectivity index (χ2v) is 7.54. The SMILES string of the molecule is CS(=O)(=O)OC[C@@H]1O[C@H](O)[C@H](OS(C)(=O)=O)[C@@H](O)[C@@H]1O. The Morgan fingerprint density at radius 3 is 2.00 bits per heavy atom. The molecule has 1 aliphatic rings. The van der Waals surface area contributed by atoms with Crippen molar-refractivity contribution in [3.05, 3.63) is 0 Å². The number of aliphatic hydroxyl groups is 3. The maximum Gasteiger partial charge on any atom is 0.264 e. The van der Waals surface area contributed by atoms with Crippen molar-refractivity contribution >= 4 is 20.2 Å². The van der Waals surface area contributed by atoms with Gasteiger partial charge in [0.1, 0.15) is 18.3 Å². The molecule has 0 aromatic carbocycles. The van der Waals surface area contributed by atoms with Crippen molar-refractivity contribution in [3.8, 4) is 0 Å². The first-order valence-electron chi connectivity index (χ1n) is 5.33. The molecule has 1 saturated heterocycles. The third-order valence-corrected chi connectivity index (χ3v) is 3.53. The third kappa shape index (κ3) is 5.21. The maximum absolute atomic E-state index is 11.0. The van der Waals surface area contributed by atoms with E-state index in [1.165, 1.54) is 0 Å². The topological polar surface area (TPSA) is 157 Å². The fourth-order valence-corrected chi connectivity index (χ4v) is 2.55. The van der Waals surface area contributed by atoms with Crippen LogP contribution in [0.15, 0.2) is 0 Å². The first-order valence-corrected chi connectivity index (χ1v) is 8.96. The highest BCUT2D eigenvalue weighted by atomic mass is 32.2. The van der Waals surface area contributed by atoms with Gasteiger partial charge in [-0.15, -0.1) is 0 Å². The lowest BCUT2D eigenvalue weighted by molar-refractivity contribution is -0.278. The first-order chi connectivity index (χ1) is 8.91. The van der Waals surface area contributed by atoms with Crippen LogP contribution in [-0.4, -0.2) is 82.0 Å². The molecule has 0 aromatic rings. The molecular formula is C8H16O10S2. The third-order valence-electron chi connectivity index (χ3n) is 2.39. The Kier molecular flexibility index (Phi) is 5.48. The molecule has 12 heteroatoms. The van der Waals surface area contributed by atoms with Crippen LogP contribution in [0.5, 0.6) is 0 Å². The van der Waals surface area contributed by atoms with Gasteiger partial charge >= 0.3 is 0 Å². The molecule has 0 spiro atoms. The molecule has 1 rings (SSSR count). The molecule has 20 heavy (non-hydrogen) atoms. The lowest BCUT2D eigenvalue weighted by Crippen LogP contribution is -2.59. The summed E-state index contributed by atoms with van der Waals surface area (Å²) in [6, 6.07) is 0. The van der Waals surface area contributed by atoms with Crippen LogP contribution in [0.4, 0.5) is 0 Å². The highest BCUT2D eigenvalue weighted by Gasteiger charge is 2.46. The Morgan fingerprint density at radius 2 is 1.55 bits per heavy atom. The molecule has 0 aromatic heterocycles. The van der Waals surface area contributed by atoms with Crippen LogP contribution in [0.2, 0.25) is 0 Å². The molecule has 0 bridgehead atoms. The number of aliphatic hydroxyl groups excluding tert-OH is 3. The molecule has 0 aliphatic carbocycles. The van der Waals surface area contributed by atoms with E-state index in [2.05, 4.69) is 8.37 Å². The van der Waals surface area contributed by atoms with Crippen LogP contribution in [0.25, 0.3) is 0 Å². The summed E-state index contributed by atoms with van der Waals surface area (Å²) in [7, 11) is -7.81. The highest BCUT2D eigenvalue weighted by molar-refractivity contribution is 7.86. The molecular weight excluding hydrogens is 320 g/mol. The zero-order chi connectivity index (χ0) is 15.7. The highest BCUT2D eigenvalue weighted by Crippen LogP contribution is 2.23. The van der Waals surface area contributed by atoms with Crippen molar-refractivity contribution in [2.24, 2.45) is 0 Å². The van der Waals surface area contributed by atoms with Crippen LogP contribution in [-0.2, 0) is 33.3 Å². The van der Waals surface area contributed by atoms with Crippen molar-refractivity contribution < 1.29 is 45.3 Å². The van der Waals surface area contributed by atoms with E-state index >= 15 is 0 Å². The van der Waals surface area contributed by atoms with Crippen LogP contribution in [0.1, 0.15) is 0 Å². The Balaban J connectivity index is 2.76. The molecule has 1 heterocycles. The van der Waals surface area contributed by atoms with E-state index in [0.717, 1.165) is 6.26 Å². The smallest absolute Gasteiger partial charge is 0.264 e. The molecule has 1 aliphatic heterocycles. The van der Waals surface area contributed by atoms with Gasteiger partial charge in [-0.25, -0.2) is 0 Å². The number of hydrogen-bond acceptors (Lipinski definition) is 10. The summed E-state index contributed by atoms with van der Waals surface area (Å²) in [5.41, 5.74) is 0. The predicted molar refractivity (Wildman–Crippen MR) is 63.4 cm³/mol. The van der Waals surface area contributed by atoms with Gasteiger partial charge in [-0.05, 0) is 0 Å². The minimum Gasteiger partial charge on any atom is -0.387 e. The standard InChI is InChI=1S/C8H16O10S2/c1-19(12,13)16-3-4-5(9)6(10)7(8(11)17-4)18-20(2,14)15/h4-11H,3H2,1-2H3/t4-,5+,6-,7+,8-/m0/s1. The molecule has 120 valence electrons. The lowest BCUT2D eigenvalue weighted by Gasteiger charge is -2.39. The predicted octanol–water partition coefficient (Wildman–Crippen LogP) is -3.25. The minimum absolute atomic E-state index is 0.653. The van der Waals surface area contributed by atoms with E-state index in [0.29, 0.717) is 6.26 Å². The van der Waals surface area contributed by atoms with Gasteiger partial charge in [-0.2, -0.15) is 16.8 Å². The van der Waals surface area contributed by atoms with E-state index in [4.69, 9.17) is 4.74 Å². The molecule has 5 atom stereocenters. The van der Waals surface area contributed by atoms with Gasteiger partial charge in [0.05, 0.1) is 19.1 Å². The number of rotatable bonds is 5. The average molecular weight is 336 g/mol. The molecule has 10 nitrogen and oxygen atoms in total. The first kappa shape index (κ1) is 17.7. The van der Waals surface area contributed by atoms with Crippen LogP contribution < -0.4 is 0 Å². The summed E-state index contributed by atoms with van der Waals surface area (Å²) in [6.45, 7) is -0.653. The van der Waals surface area contributed by atoms with Gasteiger partial charge in [0.2, 0.25) is 0 Å². The van der Waals surface area contributed by atoms with Gasteiger partial charge in [-0.3, -0.25) is 8.37 Å². The van der Waals surface area contributed by atoms with Crippen molar-refractivity contribution in [2.45, 2.75) is 30.7 Å². The van der Waals surface area contributed by atoms with E-state index in [1.807, 2.05) is 0 Å². The van der Waals surface area contributed by atoms with Crippen molar-refractivity contribution in [3.63, 3.8) is 0 Å². The van der Waals surface area contributed by atoms with E-state index in [-0.39, 0.29) is 0 Å². The summed E-state index contributed by atoms with van der Waals surface area (Å²) in [5, 5.41) is 28.9. The number of ether oxygens (including phenoxy) is 1. The normalized spacial score (nSPS) is 36.0. The van der Waals surface area contributed by atoms with E-state index < -0.39 is 57.5 Å². The van der Waals surface area contributed by atoms with Crippen LogP contribution >= 0.6 is 0 Å². The molecule has 0 saturated carbocycles. The van der Waals surface area contributed by atoms with E-state index in [9.17, 15) is 32.2 Å². The van der Waals surface area contributed by atoms with Crippen molar-refractivity contribution in [1.82, 2.24) is 0 Å². The van der Waals surface area contributed by atoms with Gasteiger partial charge < -0.3 is 20.1 Å². The Hall–Kier alpha value is -0.340. The zero-order valence-corrected chi connectivity index (χ0v) is 12.2. The lowest BCUT2D eigenvalue weighted by atomic mass is 9.99. The fraction of sp³-hybridized carbons (Fsp3) is 1.00. The van der Waals surface area contributed by atoms with E-state index in [1.54, 1.807) is 0 Å². The van der Waals surface area contributed by atoms with Crippen molar-refractivity contribution in [1.29, 1.82) is 0 Å². The summed E-state index contributed by atoms with van der Waals surface area (Å²) in [4.78, 5) is 0. The van der Waals surface area contributed by atoms with Crippen molar-refractivity contribution in [2.75, 3.05) is 19.1 Å². The molecule has 0 radical (unpaired) electrons. The van der Waals surface area contributed by atoms with Gasteiger partial charge in [-0.1, -0.05) is 0 Å². The molecule has 1 fully saturated rings. The number of hydrogen-bond donors (Lipinski definition) is 3. The zero-order valence-electron chi connectivity index (χ0n) is 10.6. The van der Waals surface area contributed by atoms with Crippen LogP contribution in [0, 0.1) is 0 Å². The molecule has 3 N–H and O–H groups in total. The molecule has 0 amide bonds. The fourth-order valence-electron chi connectivity index (χ4n) is 1.55. The summed E-state index contributed by atoms with van der Waals surface area (Å²) in [6.07, 6.45) is -7.02. The average Bonchev–Trinajstić information content (AvgIpc) is 2.25. The Labute approximate surface area is 116 Å². The summed E-state index contributed by atoms with van der Waals surface area (Å²) in [5.74, 6) is 0. The summed E-state index contributed by atoms with van der Waals surface area (Å²) >= 11 is 0. The second-order valence-electron chi connectivity index (χ2n) is 4.30. The monoisotopic (exact) mass is 336 g/mol. The second kappa shape index (κ2) is 6.19. The Morgan fingerprint density at radius 1 is 1.00 bits per heavy atom.